The molecule has 0 aliphatic heterocycles. The monoisotopic (exact) mass is 443 g/mol. The summed E-state index contributed by atoms with van der Waals surface area (Å²) >= 11 is 0. The summed E-state index contributed by atoms with van der Waals surface area (Å²) in [6, 6.07) is 12.8. The molecule has 2 amide bonds. The summed E-state index contributed by atoms with van der Waals surface area (Å²) in [6.07, 6.45) is -0.761. The molecule has 0 heterocycles. The number of nitrogens with one attached hydrogen (secondary N) is 2. The van der Waals surface area contributed by atoms with Crippen molar-refractivity contribution in [3.8, 4) is 6.07 Å². The number of anilines is 1. The van der Waals surface area contributed by atoms with Crippen LogP contribution in [0.1, 0.15) is 11.1 Å². The lowest BCUT2D eigenvalue weighted by Crippen LogP contribution is -2.45. The Kier molecular flexibility index (Phi) is 9.62. The molecule has 0 saturated carbocycles. The Hall–Kier alpha value is -3.97. The zero-order valence-electron chi connectivity index (χ0n) is 17.3. The Morgan fingerprint density at radius 2 is 1.69 bits per heavy atom. The van der Waals surface area contributed by atoms with Crippen molar-refractivity contribution < 1.29 is 33.0 Å². The second kappa shape index (κ2) is 12.7. The van der Waals surface area contributed by atoms with E-state index in [-0.39, 0.29) is 31.4 Å². The normalized spacial score (nSPS) is 11.0. The molecule has 2 aromatic rings. The summed E-state index contributed by atoms with van der Waals surface area (Å²) in [7, 11) is 1.34. The largest absolute Gasteiger partial charge is 0.449 e. The van der Waals surface area contributed by atoms with Gasteiger partial charge in [-0.05, 0) is 35.4 Å². The minimum atomic E-state index is -1.11. The summed E-state index contributed by atoms with van der Waals surface area (Å²) in [5, 5.41) is 13.5. The third-order valence-electron chi connectivity index (χ3n) is 4.07. The lowest BCUT2D eigenvalue weighted by Gasteiger charge is -2.16. The van der Waals surface area contributed by atoms with Crippen LogP contribution in [0.5, 0.6) is 0 Å². The molecule has 2 rings (SSSR count). The van der Waals surface area contributed by atoms with Crippen LogP contribution in [0.25, 0.3) is 0 Å². The van der Waals surface area contributed by atoms with Crippen molar-refractivity contribution in [2.45, 2.75) is 19.1 Å². The number of nitriles is 1. The van der Waals surface area contributed by atoms with Crippen LogP contribution in [-0.2, 0) is 36.8 Å². The summed E-state index contributed by atoms with van der Waals surface area (Å²) < 4.78 is 27.5. The Balaban J connectivity index is 1.80. The molecule has 0 aromatic heterocycles. The van der Waals surface area contributed by atoms with Gasteiger partial charge in [-0.15, -0.1) is 0 Å². The van der Waals surface area contributed by atoms with Crippen molar-refractivity contribution in [2.24, 2.45) is 0 Å². The number of hydrogen-bond acceptors (Lipinski definition) is 7. The maximum absolute atomic E-state index is 12.9. The van der Waals surface area contributed by atoms with E-state index < -0.39 is 24.7 Å². The third kappa shape index (κ3) is 8.41. The zero-order valence-corrected chi connectivity index (χ0v) is 17.3. The van der Waals surface area contributed by atoms with Gasteiger partial charge in [0.1, 0.15) is 18.5 Å². The molecule has 0 bridgehead atoms. The lowest BCUT2D eigenvalue weighted by atomic mass is 10.1. The number of esters is 1. The molecule has 0 aliphatic rings. The number of alkyl carbamates (subject to hydrolysis) is 1. The maximum atomic E-state index is 12.9. The van der Waals surface area contributed by atoms with Crippen LogP contribution in [-0.4, -0.2) is 44.3 Å². The third-order valence-corrected chi connectivity index (χ3v) is 4.07. The highest BCUT2D eigenvalue weighted by Gasteiger charge is 2.23. The van der Waals surface area contributed by atoms with E-state index in [0.717, 1.165) is 0 Å². The summed E-state index contributed by atoms with van der Waals surface area (Å²) in [5.74, 6) is -1.44. The fourth-order valence-corrected chi connectivity index (χ4v) is 2.55. The van der Waals surface area contributed by atoms with Crippen LogP contribution in [0.3, 0.4) is 0 Å². The van der Waals surface area contributed by atoms with Crippen LogP contribution in [0.15, 0.2) is 48.5 Å². The maximum Gasteiger partial charge on any atom is 0.408 e. The van der Waals surface area contributed by atoms with Crippen LogP contribution >= 0.6 is 0 Å². The smallest absolute Gasteiger partial charge is 0.408 e. The van der Waals surface area contributed by atoms with Crippen molar-refractivity contribution in [2.75, 3.05) is 25.6 Å². The van der Waals surface area contributed by atoms with Gasteiger partial charge in [0.15, 0.2) is 12.6 Å². The molecule has 2 N–H and O–H groups in total. The summed E-state index contributed by atoms with van der Waals surface area (Å²) in [4.78, 5) is 35.8. The van der Waals surface area contributed by atoms with Crippen molar-refractivity contribution in [3.05, 3.63) is 65.5 Å². The van der Waals surface area contributed by atoms with E-state index in [1.807, 2.05) is 0 Å². The van der Waals surface area contributed by atoms with Gasteiger partial charge in [0.05, 0.1) is 13.0 Å². The molecular formula is C22H22FN3O6. The van der Waals surface area contributed by atoms with Crippen molar-refractivity contribution in [3.63, 3.8) is 0 Å². The quantitative estimate of drug-likeness (QED) is 0.540. The van der Waals surface area contributed by atoms with Crippen molar-refractivity contribution in [1.29, 1.82) is 5.26 Å². The van der Waals surface area contributed by atoms with Crippen molar-refractivity contribution >= 4 is 23.7 Å². The number of nitrogens with zero attached hydrogens (tertiary/aromatic N) is 1. The molecular weight excluding hydrogens is 421 g/mol. The molecule has 10 heteroatoms. The van der Waals surface area contributed by atoms with Gasteiger partial charge in [-0.1, -0.05) is 24.3 Å². The topological polar surface area (TPSA) is 127 Å². The number of benzene rings is 2. The molecule has 32 heavy (non-hydrogen) atoms. The second-order valence-electron chi connectivity index (χ2n) is 6.54. The van der Waals surface area contributed by atoms with E-state index in [1.165, 1.54) is 19.2 Å². The number of halogens is 1. The first-order valence-corrected chi connectivity index (χ1v) is 9.50. The predicted molar refractivity (Wildman–Crippen MR) is 111 cm³/mol. The average Bonchev–Trinajstić information content (AvgIpc) is 2.78. The first kappa shape index (κ1) is 24.3. The van der Waals surface area contributed by atoms with Gasteiger partial charge in [-0.25, -0.2) is 14.0 Å². The first-order chi connectivity index (χ1) is 15.4. The van der Waals surface area contributed by atoms with E-state index in [9.17, 15) is 18.8 Å². The van der Waals surface area contributed by atoms with Crippen LogP contribution in [0, 0.1) is 17.1 Å². The molecule has 168 valence electrons. The standard InChI is InChI=1S/C22H22FN3O6/c1-30-14-19(21(28)31-11-10-24)26-22(29)32-13-16-4-8-18(9-5-16)25-20(27)12-15-2-6-17(23)7-3-15/h2-9,19H,11-14H2,1H3,(H,25,27)(H,26,29)/t19-/m1/s1. The van der Waals surface area contributed by atoms with Gasteiger partial charge in [0, 0.05) is 12.8 Å². The summed E-state index contributed by atoms with van der Waals surface area (Å²) in [6.45, 7) is -0.670. The van der Waals surface area contributed by atoms with E-state index >= 15 is 0 Å². The molecule has 0 unspecified atom stereocenters. The Morgan fingerprint density at radius 1 is 1.03 bits per heavy atom. The van der Waals surface area contributed by atoms with E-state index in [0.29, 0.717) is 16.8 Å². The van der Waals surface area contributed by atoms with Crippen LogP contribution < -0.4 is 10.6 Å². The van der Waals surface area contributed by atoms with Gasteiger partial charge < -0.3 is 24.8 Å². The molecule has 0 aliphatic carbocycles. The van der Waals surface area contributed by atoms with Gasteiger partial charge in [0.25, 0.3) is 0 Å². The molecule has 0 fully saturated rings. The highest BCUT2D eigenvalue weighted by Crippen LogP contribution is 2.12. The minimum absolute atomic E-state index is 0.0808. The highest BCUT2D eigenvalue weighted by atomic mass is 19.1. The summed E-state index contributed by atoms with van der Waals surface area (Å²) in [5.41, 5.74) is 1.88. The number of hydrogen-bond donors (Lipinski definition) is 2. The number of rotatable bonds is 10. The Morgan fingerprint density at radius 3 is 2.31 bits per heavy atom. The SMILES string of the molecule is COC[C@@H](NC(=O)OCc1ccc(NC(=O)Cc2ccc(F)cc2)cc1)C(=O)OCC#N. The first-order valence-electron chi connectivity index (χ1n) is 9.50. The Bertz CT molecular complexity index is 957. The van der Waals surface area contributed by atoms with E-state index in [4.69, 9.17) is 14.7 Å². The predicted octanol–water partition coefficient (Wildman–Crippen LogP) is 2.31. The highest BCUT2D eigenvalue weighted by molar-refractivity contribution is 5.92. The van der Waals surface area contributed by atoms with Gasteiger partial charge in [-0.3, -0.25) is 4.79 Å². The molecule has 9 nitrogen and oxygen atoms in total. The minimum Gasteiger partial charge on any atom is -0.449 e. The van der Waals surface area contributed by atoms with Gasteiger partial charge in [0.2, 0.25) is 5.91 Å². The average molecular weight is 443 g/mol. The van der Waals surface area contributed by atoms with Gasteiger partial charge >= 0.3 is 12.1 Å². The number of amides is 2. The number of methoxy groups -OCH3 is 1. The number of carbonyl (C=O) groups is 3. The molecule has 0 radical (unpaired) electrons. The molecule has 1 atom stereocenters. The molecule has 2 aromatic carbocycles. The fourth-order valence-electron chi connectivity index (χ4n) is 2.55. The molecule has 0 spiro atoms. The van der Waals surface area contributed by atoms with Gasteiger partial charge in [-0.2, -0.15) is 5.26 Å². The zero-order chi connectivity index (χ0) is 23.3. The Labute approximate surface area is 184 Å². The lowest BCUT2D eigenvalue weighted by molar-refractivity contribution is -0.146. The number of carbonyl (C=O) groups excluding carboxylic acids is 3. The molecule has 0 saturated heterocycles. The number of ether oxygens (including phenoxy) is 3. The van der Waals surface area contributed by atoms with Crippen LogP contribution in [0.4, 0.5) is 14.9 Å². The van der Waals surface area contributed by atoms with Crippen LogP contribution in [0.2, 0.25) is 0 Å². The second-order valence-corrected chi connectivity index (χ2v) is 6.54. The van der Waals surface area contributed by atoms with E-state index in [1.54, 1.807) is 42.5 Å². The van der Waals surface area contributed by atoms with E-state index in [2.05, 4.69) is 15.4 Å². The fraction of sp³-hybridized carbons (Fsp3) is 0.273. The van der Waals surface area contributed by atoms with Crippen molar-refractivity contribution in [1.82, 2.24) is 5.32 Å².